The average molecular weight is 344 g/mol. The van der Waals surface area contributed by atoms with Crippen LogP contribution in [-0.4, -0.2) is 11.9 Å². The molecular weight excluding hydrogens is 333 g/mol. The van der Waals surface area contributed by atoms with Crippen molar-refractivity contribution in [3.8, 4) is 0 Å². The van der Waals surface area contributed by atoms with Gasteiger partial charge in [0, 0.05) is 0 Å². The zero-order valence-electron chi connectivity index (χ0n) is 11.9. The van der Waals surface area contributed by atoms with E-state index in [9.17, 15) is 4.79 Å². The number of aliphatic imine (C=N–C) groups is 1. The molecule has 0 aliphatic carbocycles. The number of hydrogen-bond acceptors (Lipinski definition) is 3. The maximum absolute atomic E-state index is 11.9. The molecule has 0 atom stereocenters. The molecule has 1 heterocycles. The van der Waals surface area contributed by atoms with Gasteiger partial charge < -0.3 is 4.74 Å². The number of cyclic esters (lactones) is 1. The van der Waals surface area contributed by atoms with Crippen LogP contribution < -0.4 is 0 Å². The van der Waals surface area contributed by atoms with Crippen molar-refractivity contribution in [2.24, 2.45) is 4.99 Å². The molecule has 0 aromatic heterocycles. The summed E-state index contributed by atoms with van der Waals surface area (Å²) in [7, 11) is 0. The fraction of sp³-hybridized carbons (Fsp3) is 0. The quantitative estimate of drug-likeness (QED) is 0.587. The Kier molecular flexibility index (Phi) is 4.60. The number of allylic oxidation sites excluding steroid dienone is 2. The van der Waals surface area contributed by atoms with Gasteiger partial charge in [-0.1, -0.05) is 71.8 Å². The lowest BCUT2D eigenvalue weighted by Crippen LogP contribution is -2.06. The predicted octanol–water partition coefficient (Wildman–Crippen LogP) is 4.89. The molecule has 0 radical (unpaired) electrons. The van der Waals surface area contributed by atoms with Crippen molar-refractivity contribution in [2.45, 2.75) is 0 Å². The Morgan fingerprint density at radius 1 is 1.00 bits per heavy atom. The third kappa shape index (κ3) is 3.52. The van der Waals surface area contributed by atoms with E-state index in [2.05, 4.69) is 4.99 Å². The van der Waals surface area contributed by atoms with Crippen molar-refractivity contribution >= 4 is 41.1 Å². The summed E-state index contributed by atoms with van der Waals surface area (Å²) in [6.07, 6.45) is 5.22. The Morgan fingerprint density at radius 2 is 1.78 bits per heavy atom. The third-order valence-corrected chi connectivity index (χ3v) is 3.96. The predicted molar refractivity (Wildman–Crippen MR) is 92.6 cm³/mol. The molecule has 3 nitrogen and oxygen atoms in total. The minimum absolute atomic E-state index is 0.155. The maximum atomic E-state index is 11.9. The first-order valence-corrected chi connectivity index (χ1v) is 7.59. The lowest BCUT2D eigenvalue weighted by atomic mass is 10.2. The monoisotopic (exact) mass is 343 g/mol. The van der Waals surface area contributed by atoms with Crippen molar-refractivity contribution in [1.29, 1.82) is 0 Å². The topological polar surface area (TPSA) is 38.7 Å². The van der Waals surface area contributed by atoms with Gasteiger partial charge in [0.1, 0.15) is 0 Å². The summed E-state index contributed by atoms with van der Waals surface area (Å²) in [4.78, 5) is 16.1. The molecule has 0 saturated carbocycles. The van der Waals surface area contributed by atoms with Gasteiger partial charge in [0.2, 0.25) is 5.90 Å². The van der Waals surface area contributed by atoms with Crippen molar-refractivity contribution in [2.75, 3.05) is 0 Å². The van der Waals surface area contributed by atoms with Crippen LogP contribution in [-0.2, 0) is 9.53 Å². The maximum Gasteiger partial charge on any atom is 0.363 e. The number of benzene rings is 2. The van der Waals surface area contributed by atoms with Crippen molar-refractivity contribution in [1.82, 2.24) is 0 Å². The largest absolute Gasteiger partial charge is 0.402 e. The summed E-state index contributed by atoms with van der Waals surface area (Å²) in [6, 6.07) is 14.8. The molecule has 5 heteroatoms. The SMILES string of the molecule is O=C1OC(c2cccc(Cl)c2Cl)=N/C1=C/C=C/c1ccccc1. The van der Waals surface area contributed by atoms with Crippen LogP contribution in [0.2, 0.25) is 10.0 Å². The molecule has 0 fully saturated rings. The zero-order chi connectivity index (χ0) is 16.2. The van der Waals surface area contributed by atoms with Crippen LogP contribution in [0.5, 0.6) is 0 Å². The number of rotatable bonds is 3. The summed E-state index contributed by atoms with van der Waals surface area (Å²) in [6.45, 7) is 0. The first kappa shape index (κ1) is 15.5. The molecule has 0 N–H and O–H groups in total. The highest BCUT2D eigenvalue weighted by Crippen LogP contribution is 2.28. The van der Waals surface area contributed by atoms with Gasteiger partial charge in [-0.2, -0.15) is 0 Å². The van der Waals surface area contributed by atoms with E-state index >= 15 is 0 Å². The number of esters is 1. The highest BCUT2D eigenvalue weighted by Gasteiger charge is 2.25. The van der Waals surface area contributed by atoms with E-state index in [0.717, 1.165) is 5.56 Å². The molecule has 1 aliphatic rings. The van der Waals surface area contributed by atoms with E-state index in [1.165, 1.54) is 0 Å². The fourth-order valence-corrected chi connectivity index (χ4v) is 2.40. The minimum Gasteiger partial charge on any atom is -0.402 e. The molecular formula is C18H11Cl2NO2. The van der Waals surface area contributed by atoms with Gasteiger partial charge in [-0.25, -0.2) is 9.79 Å². The molecule has 1 aliphatic heterocycles. The summed E-state index contributed by atoms with van der Waals surface area (Å²) in [5, 5.41) is 0.686. The van der Waals surface area contributed by atoms with E-state index in [1.807, 2.05) is 36.4 Å². The second kappa shape index (κ2) is 6.82. The number of carbonyl (C=O) groups excluding carboxylic acids is 1. The number of halogens is 2. The summed E-state index contributed by atoms with van der Waals surface area (Å²) in [5.74, 6) is -0.365. The molecule has 0 bridgehead atoms. The van der Waals surface area contributed by atoms with Gasteiger partial charge in [0.05, 0.1) is 15.6 Å². The van der Waals surface area contributed by atoms with E-state index in [-0.39, 0.29) is 11.6 Å². The Labute approximate surface area is 143 Å². The molecule has 3 rings (SSSR count). The normalized spacial score (nSPS) is 16.0. The lowest BCUT2D eigenvalue weighted by Gasteiger charge is -2.03. The minimum atomic E-state index is -0.520. The standard InChI is InChI=1S/C18H11Cl2NO2/c19-14-10-5-9-13(16(14)20)17-21-15(18(22)23-17)11-4-8-12-6-2-1-3-7-12/h1-11H/b8-4+,15-11+. The Bertz CT molecular complexity index is 839. The van der Waals surface area contributed by atoms with Crippen LogP contribution in [0, 0.1) is 0 Å². The number of carbonyl (C=O) groups is 1. The van der Waals surface area contributed by atoms with E-state index < -0.39 is 5.97 Å². The Morgan fingerprint density at radius 3 is 2.57 bits per heavy atom. The first-order chi connectivity index (χ1) is 11.1. The van der Waals surface area contributed by atoms with Crippen molar-refractivity contribution in [3.63, 3.8) is 0 Å². The highest BCUT2D eigenvalue weighted by atomic mass is 35.5. The average Bonchev–Trinajstić information content (AvgIpc) is 2.92. The summed E-state index contributed by atoms with van der Waals surface area (Å²) in [5.41, 5.74) is 1.73. The van der Waals surface area contributed by atoms with E-state index in [0.29, 0.717) is 15.6 Å². The van der Waals surface area contributed by atoms with Gasteiger partial charge in [0.15, 0.2) is 5.70 Å². The van der Waals surface area contributed by atoms with Crippen LogP contribution in [0.4, 0.5) is 0 Å². The van der Waals surface area contributed by atoms with Gasteiger partial charge in [0.25, 0.3) is 0 Å². The molecule has 2 aromatic rings. The number of hydrogen-bond donors (Lipinski definition) is 0. The summed E-state index contributed by atoms with van der Waals surface area (Å²) < 4.78 is 5.16. The molecule has 2 aromatic carbocycles. The zero-order valence-corrected chi connectivity index (χ0v) is 13.4. The first-order valence-electron chi connectivity index (χ1n) is 6.84. The number of nitrogens with zero attached hydrogens (tertiary/aromatic N) is 1. The Hall–Kier alpha value is -2.36. The van der Waals surface area contributed by atoms with Gasteiger partial charge >= 0.3 is 5.97 Å². The second-order valence-electron chi connectivity index (χ2n) is 4.73. The molecule has 0 saturated heterocycles. The molecule has 114 valence electrons. The van der Waals surface area contributed by atoms with Crippen LogP contribution >= 0.6 is 23.2 Å². The fourth-order valence-electron chi connectivity index (χ4n) is 2.02. The molecule has 0 unspecified atom stereocenters. The molecule has 23 heavy (non-hydrogen) atoms. The molecule has 0 amide bonds. The van der Waals surface area contributed by atoms with Crippen molar-refractivity contribution in [3.05, 3.63) is 87.6 Å². The Balaban J connectivity index is 1.85. The van der Waals surface area contributed by atoms with Crippen LogP contribution in [0.15, 0.2) is 71.4 Å². The lowest BCUT2D eigenvalue weighted by molar-refractivity contribution is -0.130. The summed E-state index contributed by atoms with van der Waals surface area (Å²) >= 11 is 12.1. The number of ether oxygens (including phenoxy) is 1. The van der Waals surface area contributed by atoms with Gasteiger partial charge in [-0.3, -0.25) is 0 Å². The van der Waals surface area contributed by atoms with Crippen molar-refractivity contribution < 1.29 is 9.53 Å². The van der Waals surface area contributed by atoms with Gasteiger partial charge in [-0.15, -0.1) is 0 Å². The smallest absolute Gasteiger partial charge is 0.363 e. The van der Waals surface area contributed by atoms with Gasteiger partial charge in [-0.05, 0) is 23.8 Å². The van der Waals surface area contributed by atoms with E-state index in [4.69, 9.17) is 27.9 Å². The van der Waals surface area contributed by atoms with E-state index in [1.54, 1.807) is 30.4 Å². The molecule has 0 spiro atoms. The van der Waals surface area contributed by atoms with Crippen LogP contribution in [0.3, 0.4) is 0 Å². The highest BCUT2D eigenvalue weighted by molar-refractivity contribution is 6.44. The third-order valence-electron chi connectivity index (χ3n) is 3.14. The second-order valence-corrected chi connectivity index (χ2v) is 5.51. The van der Waals surface area contributed by atoms with Crippen LogP contribution in [0.25, 0.3) is 6.08 Å². The van der Waals surface area contributed by atoms with Crippen LogP contribution in [0.1, 0.15) is 11.1 Å².